The molecule has 1 saturated carbocycles. The van der Waals surface area contributed by atoms with Gasteiger partial charge in [-0.2, -0.15) is 0 Å². The van der Waals surface area contributed by atoms with Gasteiger partial charge in [0, 0.05) is 38.8 Å². The summed E-state index contributed by atoms with van der Waals surface area (Å²) in [6.07, 6.45) is 8.85. The summed E-state index contributed by atoms with van der Waals surface area (Å²) >= 11 is 3.51. The highest BCUT2D eigenvalue weighted by Crippen LogP contribution is 2.50. The zero-order valence-electron chi connectivity index (χ0n) is 21.5. The summed E-state index contributed by atoms with van der Waals surface area (Å²) in [6, 6.07) is 12.0. The van der Waals surface area contributed by atoms with Crippen LogP contribution in [0.3, 0.4) is 0 Å². The number of carboxylic acids is 1. The quantitative estimate of drug-likeness (QED) is 0.268. The van der Waals surface area contributed by atoms with Gasteiger partial charge in [0.25, 0.3) is 0 Å². The van der Waals surface area contributed by atoms with Crippen LogP contribution in [0.2, 0.25) is 0 Å². The minimum Gasteiger partial charge on any atom is -0.489 e. The summed E-state index contributed by atoms with van der Waals surface area (Å²) in [5, 5.41) is 12.2. The van der Waals surface area contributed by atoms with Gasteiger partial charge in [-0.3, -0.25) is 4.79 Å². The van der Waals surface area contributed by atoms with Crippen LogP contribution in [0.5, 0.6) is 11.6 Å². The summed E-state index contributed by atoms with van der Waals surface area (Å²) in [6.45, 7) is 5.08. The number of allylic oxidation sites excluding steroid dienone is 2. The van der Waals surface area contributed by atoms with Crippen molar-refractivity contribution in [1.82, 2.24) is 4.98 Å². The van der Waals surface area contributed by atoms with Gasteiger partial charge < -0.3 is 14.6 Å². The predicted octanol–water partition coefficient (Wildman–Crippen LogP) is 8.01. The van der Waals surface area contributed by atoms with Crippen molar-refractivity contribution >= 4 is 34.6 Å². The molecule has 2 aliphatic carbocycles. The Morgan fingerprint density at radius 1 is 1.27 bits per heavy atom. The number of nitrogens with zero attached hydrogens (tertiary/aromatic N) is 1. The molecule has 0 radical (unpaired) electrons. The van der Waals surface area contributed by atoms with Gasteiger partial charge in [-0.25, -0.2) is 4.98 Å². The summed E-state index contributed by atoms with van der Waals surface area (Å²) in [5.41, 5.74) is 5.99. The lowest BCUT2D eigenvalue weighted by molar-refractivity contribution is -0.137. The summed E-state index contributed by atoms with van der Waals surface area (Å²) in [7, 11) is 1.64. The molecule has 0 aliphatic heterocycles. The van der Waals surface area contributed by atoms with Crippen molar-refractivity contribution in [2.24, 2.45) is 5.41 Å². The smallest absolute Gasteiger partial charge is 0.304 e. The number of thiophene rings is 1. The Labute approximate surface area is 226 Å². The number of benzene rings is 1. The van der Waals surface area contributed by atoms with E-state index in [1.807, 2.05) is 36.4 Å². The van der Waals surface area contributed by atoms with Crippen molar-refractivity contribution < 1.29 is 19.4 Å². The molecule has 2 aliphatic rings. The van der Waals surface area contributed by atoms with Gasteiger partial charge in [0.1, 0.15) is 12.4 Å². The Kier molecular flexibility index (Phi) is 7.63. The lowest BCUT2D eigenvalue weighted by Crippen LogP contribution is -2.11. The summed E-state index contributed by atoms with van der Waals surface area (Å²) in [5.74, 6) is 0.611. The molecular weight excluding hydrogens is 502 g/mol. The number of aliphatic carboxylic acids is 1. The fourth-order valence-corrected chi connectivity index (χ4v) is 7.39. The van der Waals surface area contributed by atoms with Gasteiger partial charge >= 0.3 is 5.97 Å². The normalized spacial score (nSPS) is 17.3. The van der Waals surface area contributed by atoms with E-state index in [0.29, 0.717) is 17.7 Å². The zero-order chi connectivity index (χ0) is 26.0. The van der Waals surface area contributed by atoms with Crippen LogP contribution in [0.25, 0.3) is 16.0 Å². The van der Waals surface area contributed by atoms with Crippen molar-refractivity contribution in [2.45, 2.75) is 63.1 Å². The number of carbonyl (C=O) groups is 1. The molecule has 1 unspecified atom stereocenters. The molecule has 1 N–H and O–H groups in total. The monoisotopic (exact) mass is 535 g/mol. The average molecular weight is 536 g/mol. The minimum absolute atomic E-state index is 0.0528. The van der Waals surface area contributed by atoms with E-state index in [2.05, 4.69) is 30.3 Å². The number of thioether (sulfide) groups is 1. The maximum absolute atomic E-state index is 11.5. The Hall–Kier alpha value is -2.77. The first-order valence-electron chi connectivity index (χ1n) is 12.8. The second-order valence-electron chi connectivity index (χ2n) is 10.4. The number of carboxylic acid groups (broad SMARTS) is 1. The number of aromatic nitrogens is 1. The Morgan fingerprint density at radius 2 is 2.11 bits per heavy atom. The molecule has 0 saturated heterocycles. The maximum Gasteiger partial charge on any atom is 0.304 e. The Balaban J connectivity index is 1.43. The van der Waals surface area contributed by atoms with Crippen LogP contribution in [-0.4, -0.2) is 28.4 Å². The highest BCUT2D eigenvalue weighted by atomic mass is 32.2. The molecule has 7 heteroatoms. The largest absolute Gasteiger partial charge is 0.489 e. The fraction of sp³-hybridized carbons (Fsp3) is 0.400. The molecule has 0 bridgehead atoms. The van der Waals surface area contributed by atoms with Gasteiger partial charge in [0.2, 0.25) is 5.88 Å². The SMILES string of the molecule is COc1cc(-c2scc(COc3cccc(C(CC(=O)O)SC4CC4)c3)c2C2=CCCC2(C)C)ccn1. The van der Waals surface area contributed by atoms with E-state index >= 15 is 0 Å². The molecular formula is C30H33NO4S2. The van der Waals surface area contributed by atoms with Gasteiger partial charge in [-0.05, 0) is 71.4 Å². The molecule has 37 heavy (non-hydrogen) atoms. The van der Waals surface area contributed by atoms with E-state index in [-0.39, 0.29) is 17.1 Å². The van der Waals surface area contributed by atoms with E-state index in [0.717, 1.165) is 35.3 Å². The zero-order valence-corrected chi connectivity index (χ0v) is 23.2. The van der Waals surface area contributed by atoms with Crippen LogP contribution in [0, 0.1) is 5.41 Å². The third kappa shape index (κ3) is 6.04. The molecule has 1 aromatic carbocycles. The molecule has 5 nitrogen and oxygen atoms in total. The summed E-state index contributed by atoms with van der Waals surface area (Å²) in [4.78, 5) is 17.0. The van der Waals surface area contributed by atoms with E-state index in [1.165, 1.54) is 28.9 Å². The van der Waals surface area contributed by atoms with Crippen LogP contribution in [0.1, 0.15) is 67.9 Å². The molecule has 0 spiro atoms. The summed E-state index contributed by atoms with van der Waals surface area (Å²) < 4.78 is 11.7. The number of hydrogen-bond donors (Lipinski definition) is 1. The van der Waals surface area contributed by atoms with Crippen molar-refractivity contribution in [3.05, 3.63) is 70.7 Å². The topological polar surface area (TPSA) is 68.7 Å². The molecule has 2 heterocycles. The second kappa shape index (κ2) is 10.9. The van der Waals surface area contributed by atoms with E-state index in [9.17, 15) is 9.90 Å². The fourth-order valence-electron chi connectivity index (χ4n) is 4.90. The molecule has 194 valence electrons. The molecule has 2 aromatic heterocycles. The van der Waals surface area contributed by atoms with Crippen molar-refractivity contribution in [3.63, 3.8) is 0 Å². The predicted molar refractivity (Wildman–Crippen MR) is 151 cm³/mol. The first-order valence-corrected chi connectivity index (χ1v) is 14.6. The highest BCUT2D eigenvalue weighted by molar-refractivity contribution is 8.00. The second-order valence-corrected chi connectivity index (χ2v) is 12.8. The molecule has 1 fully saturated rings. The minimum atomic E-state index is -0.764. The number of rotatable bonds is 11. The van der Waals surface area contributed by atoms with E-state index < -0.39 is 5.97 Å². The lowest BCUT2D eigenvalue weighted by atomic mass is 9.80. The first-order chi connectivity index (χ1) is 17.8. The van der Waals surface area contributed by atoms with Gasteiger partial charge in [0.05, 0.1) is 13.5 Å². The molecule has 1 atom stereocenters. The van der Waals surface area contributed by atoms with Crippen LogP contribution in [0.15, 0.2) is 54.1 Å². The first kappa shape index (κ1) is 25.9. The molecule has 0 amide bonds. The number of methoxy groups -OCH3 is 1. The number of hydrogen-bond acceptors (Lipinski definition) is 6. The highest BCUT2D eigenvalue weighted by Gasteiger charge is 2.32. The molecule has 5 rings (SSSR count). The third-order valence-corrected chi connectivity index (χ3v) is 9.76. The Morgan fingerprint density at radius 3 is 2.81 bits per heavy atom. The average Bonchev–Trinajstić information content (AvgIpc) is 3.50. The number of ether oxygens (including phenoxy) is 2. The van der Waals surface area contributed by atoms with Crippen LogP contribution in [0.4, 0.5) is 0 Å². The van der Waals surface area contributed by atoms with Gasteiger partial charge in [-0.1, -0.05) is 32.1 Å². The molecule has 3 aromatic rings. The lowest BCUT2D eigenvalue weighted by Gasteiger charge is -2.24. The standard InChI is InChI=1S/C30H33NO4S2/c1-30(2)12-5-8-24(30)28-21(18-36-29(28)20-11-13-31-26(15-20)34-3)17-35-22-7-4-6-19(14-22)25(16-27(32)33)37-23-9-10-23/h4,6-8,11,13-15,18,23,25H,5,9-10,12,16-17H2,1-3H3,(H,32,33). The van der Waals surface area contributed by atoms with Crippen molar-refractivity contribution in [3.8, 4) is 22.1 Å². The van der Waals surface area contributed by atoms with Crippen LogP contribution >= 0.6 is 23.1 Å². The maximum atomic E-state index is 11.5. The van der Waals surface area contributed by atoms with Crippen LogP contribution < -0.4 is 9.47 Å². The van der Waals surface area contributed by atoms with Crippen molar-refractivity contribution in [1.29, 1.82) is 0 Å². The van der Waals surface area contributed by atoms with Gasteiger partial charge in [0.15, 0.2) is 0 Å². The number of pyridine rings is 1. The van der Waals surface area contributed by atoms with Gasteiger partial charge in [-0.15, -0.1) is 23.1 Å². The van der Waals surface area contributed by atoms with Crippen molar-refractivity contribution in [2.75, 3.05) is 7.11 Å². The van der Waals surface area contributed by atoms with Crippen LogP contribution in [-0.2, 0) is 11.4 Å². The van der Waals surface area contributed by atoms with E-state index in [1.54, 1.807) is 36.4 Å². The van der Waals surface area contributed by atoms with E-state index in [4.69, 9.17) is 9.47 Å². The third-order valence-electron chi connectivity index (χ3n) is 7.05. The Bertz CT molecular complexity index is 1310.